The van der Waals surface area contributed by atoms with E-state index in [0.717, 1.165) is 10.0 Å². The molecule has 0 amide bonds. The first-order valence-electron chi connectivity index (χ1n) is 3.50. The van der Waals surface area contributed by atoms with E-state index in [1.807, 2.05) is 31.2 Å². The van der Waals surface area contributed by atoms with E-state index in [2.05, 4.69) is 15.9 Å². The molecular formula is C9H8BrNO. The van der Waals surface area contributed by atoms with Gasteiger partial charge in [0.25, 0.3) is 0 Å². The SMILES string of the molecule is Cc1ccc(OCC#N)c(Br)c1. The van der Waals surface area contributed by atoms with Crippen molar-refractivity contribution >= 4 is 15.9 Å². The molecular weight excluding hydrogens is 218 g/mol. The molecule has 0 N–H and O–H groups in total. The van der Waals surface area contributed by atoms with E-state index in [4.69, 9.17) is 10.00 Å². The second-order valence-corrected chi connectivity index (χ2v) is 3.24. The number of hydrogen-bond donors (Lipinski definition) is 0. The molecule has 0 aliphatic carbocycles. The molecule has 0 heterocycles. The highest BCUT2D eigenvalue weighted by atomic mass is 79.9. The normalized spacial score (nSPS) is 9.08. The lowest BCUT2D eigenvalue weighted by Crippen LogP contribution is -1.94. The molecule has 0 radical (unpaired) electrons. The van der Waals surface area contributed by atoms with Gasteiger partial charge in [0.15, 0.2) is 6.61 Å². The predicted molar refractivity (Wildman–Crippen MR) is 50.0 cm³/mol. The van der Waals surface area contributed by atoms with Crippen molar-refractivity contribution in [2.75, 3.05) is 6.61 Å². The summed E-state index contributed by atoms with van der Waals surface area (Å²) in [6.07, 6.45) is 0. The lowest BCUT2D eigenvalue weighted by molar-refractivity contribution is 0.366. The molecule has 0 fully saturated rings. The van der Waals surface area contributed by atoms with Crippen LogP contribution in [0.2, 0.25) is 0 Å². The Morgan fingerprint density at radius 2 is 2.33 bits per heavy atom. The van der Waals surface area contributed by atoms with Gasteiger partial charge in [-0.2, -0.15) is 5.26 Å². The van der Waals surface area contributed by atoms with Crippen molar-refractivity contribution in [3.05, 3.63) is 28.2 Å². The van der Waals surface area contributed by atoms with Gasteiger partial charge in [-0.3, -0.25) is 0 Å². The summed E-state index contributed by atoms with van der Waals surface area (Å²) in [5.41, 5.74) is 1.16. The lowest BCUT2D eigenvalue weighted by Gasteiger charge is -2.04. The highest BCUT2D eigenvalue weighted by Gasteiger charge is 1.99. The summed E-state index contributed by atoms with van der Waals surface area (Å²) in [5, 5.41) is 8.28. The fourth-order valence-corrected chi connectivity index (χ4v) is 1.44. The Balaban J connectivity index is 2.81. The van der Waals surface area contributed by atoms with Crippen LogP contribution in [0.3, 0.4) is 0 Å². The average molecular weight is 226 g/mol. The number of ether oxygens (including phenoxy) is 1. The zero-order valence-electron chi connectivity index (χ0n) is 6.67. The quantitative estimate of drug-likeness (QED) is 0.776. The number of aryl methyl sites for hydroxylation is 1. The third-order valence-electron chi connectivity index (χ3n) is 1.38. The molecule has 0 spiro atoms. The second kappa shape index (κ2) is 4.13. The van der Waals surface area contributed by atoms with Gasteiger partial charge in [0, 0.05) is 0 Å². The van der Waals surface area contributed by atoms with Crippen LogP contribution in [0.5, 0.6) is 5.75 Å². The van der Waals surface area contributed by atoms with Crippen molar-refractivity contribution in [3.63, 3.8) is 0 Å². The minimum atomic E-state index is 0.0850. The number of rotatable bonds is 2. The van der Waals surface area contributed by atoms with Crippen LogP contribution in [0.25, 0.3) is 0 Å². The van der Waals surface area contributed by atoms with Crippen molar-refractivity contribution in [2.45, 2.75) is 6.92 Å². The summed E-state index contributed by atoms with van der Waals surface area (Å²) >= 11 is 3.34. The van der Waals surface area contributed by atoms with Crippen LogP contribution in [0.1, 0.15) is 5.56 Å². The molecule has 0 aliphatic rings. The molecule has 0 atom stereocenters. The van der Waals surface area contributed by atoms with Crippen LogP contribution in [-0.4, -0.2) is 6.61 Å². The maximum absolute atomic E-state index is 8.28. The third kappa shape index (κ3) is 2.24. The van der Waals surface area contributed by atoms with E-state index in [0.29, 0.717) is 5.75 Å². The molecule has 12 heavy (non-hydrogen) atoms. The van der Waals surface area contributed by atoms with Gasteiger partial charge < -0.3 is 4.74 Å². The molecule has 0 aliphatic heterocycles. The Bertz CT molecular complexity index is 317. The summed E-state index contributed by atoms with van der Waals surface area (Å²) < 4.78 is 6.02. The molecule has 0 unspecified atom stereocenters. The van der Waals surface area contributed by atoms with Crippen LogP contribution >= 0.6 is 15.9 Å². The van der Waals surface area contributed by atoms with Gasteiger partial charge >= 0.3 is 0 Å². The van der Waals surface area contributed by atoms with Gasteiger partial charge in [-0.15, -0.1) is 0 Å². The first-order valence-corrected chi connectivity index (χ1v) is 4.29. The van der Waals surface area contributed by atoms with Gasteiger partial charge in [0.2, 0.25) is 0 Å². The first kappa shape index (κ1) is 9.08. The molecule has 1 rings (SSSR count). The Labute approximate surface area is 79.9 Å². The van der Waals surface area contributed by atoms with Crippen molar-refractivity contribution in [2.24, 2.45) is 0 Å². The molecule has 0 bridgehead atoms. The van der Waals surface area contributed by atoms with Gasteiger partial charge in [-0.25, -0.2) is 0 Å². The van der Waals surface area contributed by atoms with Crippen molar-refractivity contribution in [3.8, 4) is 11.8 Å². The summed E-state index contributed by atoms with van der Waals surface area (Å²) in [4.78, 5) is 0. The Kier molecular flexibility index (Phi) is 3.12. The minimum Gasteiger partial charge on any atom is -0.478 e. The average Bonchev–Trinajstić information content (AvgIpc) is 2.03. The number of halogens is 1. The van der Waals surface area contributed by atoms with Crippen LogP contribution < -0.4 is 4.74 Å². The summed E-state index contributed by atoms with van der Waals surface area (Å²) in [6.45, 7) is 2.08. The van der Waals surface area contributed by atoms with Crippen molar-refractivity contribution < 1.29 is 4.74 Å². The highest BCUT2D eigenvalue weighted by molar-refractivity contribution is 9.10. The first-order chi connectivity index (χ1) is 5.74. The summed E-state index contributed by atoms with van der Waals surface area (Å²) in [5.74, 6) is 0.710. The van der Waals surface area contributed by atoms with Gasteiger partial charge in [0.05, 0.1) is 4.47 Å². The molecule has 0 aromatic heterocycles. The Morgan fingerprint density at radius 3 is 2.92 bits per heavy atom. The third-order valence-corrected chi connectivity index (χ3v) is 2.00. The zero-order chi connectivity index (χ0) is 8.97. The molecule has 62 valence electrons. The smallest absolute Gasteiger partial charge is 0.174 e. The lowest BCUT2D eigenvalue weighted by atomic mass is 10.2. The van der Waals surface area contributed by atoms with E-state index in [-0.39, 0.29) is 6.61 Å². The predicted octanol–water partition coefficient (Wildman–Crippen LogP) is 2.66. The number of nitriles is 1. The molecule has 1 aromatic carbocycles. The topological polar surface area (TPSA) is 33.0 Å². The van der Waals surface area contributed by atoms with E-state index in [1.54, 1.807) is 0 Å². The number of hydrogen-bond acceptors (Lipinski definition) is 2. The molecule has 0 saturated heterocycles. The van der Waals surface area contributed by atoms with Crippen molar-refractivity contribution in [1.82, 2.24) is 0 Å². The largest absolute Gasteiger partial charge is 0.478 e. The standard InChI is InChI=1S/C9H8BrNO/c1-7-2-3-9(8(10)6-7)12-5-4-11/h2-3,6H,5H2,1H3. The number of nitrogens with zero attached hydrogens (tertiary/aromatic N) is 1. The molecule has 3 heteroatoms. The summed E-state index contributed by atoms with van der Waals surface area (Å²) in [7, 11) is 0. The fraction of sp³-hybridized carbons (Fsp3) is 0.222. The van der Waals surface area contributed by atoms with Crippen LogP contribution in [0.15, 0.2) is 22.7 Å². The van der Waals surface area contributed by atoms with E-state index in [1.165, 1.54) is 0 Å². The molecule has 0 saturated carbocycles. The summed E-state index contributed by atoms with van der Waals surface area (Å²) in [6, 6.07) is 7.65. The maximum Gasteiger partial charge on any atom is 0.174 e. The van der Waals surface area contributed by atoms with E-state index in [9.17, 15) is 0 Å². The monoisotopic (exact) mass is 225 g/mol. The fourth-order valence-electron chi connectivity index (χ4n) is 0.833. The van der Waals surface area contributed by atoms with E-state index >= 15 is 0 Å². The Hall–Kier alpha value is -1.01. The van der Waals surface area contributed by atoms with Gasteiger partial charge in [-0.05, 0) is 40.5 Å². The zero-order valence-corrected chi connectivity index (χ0v) is 8.26. The van der Waals surface area contributed by atoms with Crippen LogP contribution in [0.4, 0.5) is 0 Å². The van der Waals surface area contributed by atoms with Crippen LogP contribution in [-0.2, 0) is 0 Å². The van der Waals surface area contributed by atoms with Crippen molar-refractivity contribution in [1.29, 1.82) is 5.26 Å². The maximum atomic E-state index is 8.28. The minimum absolute atomic E-state index is 0.0850. The highest BCUT2D eigenvalue weighted by Crippen LogP contribution is 2.25. The Morgan fingerprint density at radius 1 is 1.58 bits per heavy atom. The van der Waals surface area contributed by atoms with E-state index < -0.39 is 0 Å². The molecule has 1 aromatic rings. The number of benzene rings is 1. The van der Waals surface area contributed by atoms with Gasteiger partial charge in [0.1, 0.15) is 11.8 Å². The molecule has 2 nitrogen and oxygen atoms in total. The van der Waals surface area contributed by atoms with Crippen LogP contribution in [0, 0.1) is 18.3 Å². The van der Waals surface area contributed by atoms with Gasteiger partial charge in [-0.1, -0.05) is 6.07 Å². The second-order valence-electron chi connectivity index (χ2n) is 2.38.